The molecule has 172 valence electrons. The summed E-state index contributed by atoms with van der Waals surface area (Å²) in [5, 5.41) is 3.29. The molecule has 0 radical (unpaired) electrons. The molecule has 1 unspecified atom stereocenters. The van der Waals surface area contributed by atoms with Gasteiger partial charge in [-0.3, -0.25) is 4.79 Å². The van der Waals surface area contributed by atoms with E-state index in [1.54, 1.807) is 0 Å². The van der Waals surface area contributed by atoms with Crippen LogP contribution in [0.25, 0.3) is 0 Å². The van der Waals surface area contributed by atoms with Gasteiger partial charge in [0.15, 0.2) is 5.78 Å². The Bertz CT molecular complexity index is 1210. The number of hydrogen-bond donors (Lipinski definition) is 1. The topological polar surface area (TPSA) is 47.6 Å². The Morgan fingerprint density at radius 2 is 1.26 bits per heavy atom. The van der Waals surface area contributed by atoms with E-state index >= 15 is 0 Å². The molecule has 0 aromatic heterocycles. The minimum absolute atomic E-state index is 0.0384. The van der Waals surface area contributed by atoms with Gasteiger partial charge in [0.1, 0.15) is 24.7 Å². The molecule has 0 aliphatic rings. The maximum atomic E-state index is 13.1. The lowest BCUT2D eigenvalue weighted by Crippen LogP contribution is -2.26. The van der Waals surface area contributed by atoms with Crippen LogP contribution in [0.5, 0.6) is 11.5 Å². The van der Waals surface area contributed by atoms with Crippen LogP contribution in [0.2, 0.25) is 0 Å². The Morgan fingerprint density at radius 1 is 0.735 bits per heavy atom. The van der Waals surface area contributed by atoms with Crippen molar-refractivity contribution in [3.8, 4) is 11.5 Å². The van der Waals surface area contributed by atoms with Crippen LogP contribution in [0.1, 0.15) is 34.0 Å². The van der Waals surface area contributed by atoms with Crippen molar-refractivity contribution >= 4 is 11.5 Å². The normalized spacial score (nSPS) is 11.5. The highest BCUT2D eigenvalue weighted by Gasteiger charge is 2.17. The maximum absolute atomic E-state index is 13.1. The molecule has 4 heteroatoms. The van der Waals surface area contributed by atoms with Crippen LogP contribution < -0.4 is 14.8 Å². The second-order valence-electron chi connectivity index (χ2n) is 8.28. The molecule has 0 spiro atoms. The van der Waals surface area contributed by atoms with Crippen molar-refractivity contribution in [3.63, 3.8) is 0 Å². The lowest BCUT2D eigenvalue weighted by Gasteiger charge is -2.17. The van der Waals surface area contributed by atoms with E-state index in [0.717, 1.165) is 33.9 Å². The number of Topliss-reactive ketones (excluding diaryl/α,β-unsaturated/α-hetero) is 1. The Morgan fingerprint density at radius 3 is 1.82 bits per heavy atom. The molecule has 0 saturated heterocycles. The quantitative estimate of drug-likeness (QED) is 0.268. The third-order valence-electron chi connectivity index (χ3n) is 5.59. The zero-order chi connectivity index (χ0) is 23.8. The van der Waals surface area contributed by atoms with Crippen molar-refractivity contribution in [3.05, 3.63) is 125 Å². The number of nitrogens with one attached hydrogen (secondary N) is 1. The number of rotatable bonds is 10. The van der Waals surface area contributed by atoms with E-state index in [4.69, 9.17) is 9.47 Å². The minimum Gasteiger partial charge on any atom is -0.489 e. The van der Waals surface area contributed by atoms with Crippen LogP contribution in [0.15, 0.2) is 103 Å². The Balaban J connectivity index is 1.32. The Hall–Kier alpha value is -4.05. The molecule has 0 heterocycles. The van der Waals surface area contributed by atoms with E-state index < -0.39 is 0 Å². The molecule has 0 aliphatic carbocycles. The summed E-state index contributed by atoms with van der Waals surface area (Å²) < 4.78 is 11.7. The monoisotopic (exact) mass is 451 g/mol. The van der Waals surface area contributed by atoms with Gasteiger partial charge in [0.2, 0.25) is 0 Å². The molecule has 0 bridgehead atoms. The summed E-state index contributed by atoms with van der Waals surface area (Å²) in [6, 6.07) is 33.0. The van der Waals surface area contributed by atoms with Crippen LogP contribution in [0.4, 0.5) is 5.69 Å². The fourth-order valence-corrected chi connectivity index (χ4v) is 3.68. The Kier molecular flexibility index (Phi) is 7.61. The van der Waals surface area contributed by atoms with Crippen LogP contribution in [-0.2, 0) is 13.2 Å². The largest absolute Gasteiger partial charge is 0.489 e. The lowest BCUT2D eigenvalue weighted by atomic mass is 10.00. The number of ether oxygens (including phenoxy) is 2. The fourth-order valence-electron chi connectivity index (χ4n) is 3.68. The SMILES string of the molecule is Cc1cc(OCc2ccccc2)ccc1C(=O)C(C)Nc1ccc(OCc2ccccc2)cc1. The molecule has 34 heavy (non-hydrogen) atoms. The van der Waals surface area contributed by atoms with E-state index in [9.17, 15) is 4.79 Å². The van der Waals surface area contributed by atoms with Gasteiger partial charge in [-0.15, -0.1) is 0 Å². The predicted octanol–water partition coefficient (Wildman–Crippen LogP) is 6.84. The number of benzene rings is 4. The molecule has 0 aliphatic heterocycles. The average molecular weight is 452 g/mol. The first-order valence-electron chi connectivity index (χ1n) is 11.4. The highest BCUT2D eigenvalue weighted by molar-refractivity contribution is 6.02. The number of ketones is 1. The van der Waals surface area contributed by atoms with E-state index in [0.29, 0.717) is 18.8 Å². The van der Waals surface area contributed by atoms with Crippen molar-refractivity contribution in [2.24, 2.45) is 0 Å². The van der Waals surface area contributed by atoms with E-state index in [1.165, 1.54) is 0 Å². The summed E-state index contributed by atoms with van der Waals surface area (Å²) in [5.41, 5.74) is 4.68. The number of aryl methyl sites for hydroxylation is 1. The molecule has 0 saturated carbocycles. The van der Waals surface area contributed by atoms with Crippen molar-refractivity contribution in [1.82, 2.24) is 0 Å². The summed E-state index contributed by atoms with van der Waals surface area (Å²) >= 11 is 0. The van der Waals surface area contributed by atoms with Crippen LogP contribution in [0.3, 0.4) is 0 Å². The van der Waals surface area contributed by atoms with Gasteiger partial charge < -0.3 is 14.8 Å². The van der Waals surface area contributed by atoms with E-state index in [-0.39, 0.29) is 11.8 Å². The zero-order valence-corrected chi connectivity index (χ0v) is 19.5. The average Bonchev–Trinajstić information content (AvgIpc) is 2.88. The van der Waals surface area contributed by atoms with Gasteiger partial charge in [-0.2, -0.15) is 0 Å². The van der Waals surface area contributed by atoms with Crippen LogP contribution >= 0.6 is 0 Å². The van der Waals surface area contributed by atoms with Gasteiger partial charge >= 0.3 is 0 Å². The summed E-state index contributed by atoms with van der Waals surface area (Å²) in [4.78, 5) is 13.1. The van der Waals surface area contributed by atoms with Crippen molar-refractivity contribution in [2.45, 2.75) is 33.1 Å². The maximum Gasteiger partial charge on any atom is 0.184 e. The van der Waals surface area contributed by atoms with Gasteiger partial charge in [-0.05, 0) is 73.0 Å². The molecule has 4 aromatic rings. The lowest BCUT2D eigenvalue weighted by molar-refractivity contribution is 0.0975. The predicted molar refractivity (Wildman–Crippen MR) is 137 cm³/mol. The van der Waals surface area contributed by atoms with Gasteiger partial charge in [0, 0.05) is 11.3 Å². The van der Waals surface area contributed by atoms with Crippen molar-refractivity contribution < 1.29 is 14.3 Å². The zero-order valence-electron chi connectivity index (χ0n) is 19.5. The standard InChI is InChI=1S/C30H29NO3/c1-22-19-28(34-21-25-11-7-4-8-12-25)17-18-29(22)30(32)23(2)31-26-13-15-27(16-14-26)33-20-24-9-5-3-6-10-24/h3-19,23,31H,20-21H2,1-2H3. The van der Waals surface area contributed by atoms with E-state index in [2.05, 4.69) is 5.32 Å². The molecule has 4 nitrogen and oxygen atoms in total. The number of carbonyl (C=O) groups excluding carboxylic acids is 1. The molecule has 4 aromatic carbocycles. The van der Waals surface area contributed by atoms with Gasteiger partial charge in [0.25, 0.3) is 0 Å². The van der Waals surface area contributed by atoms with Crippen molar-refractivity contribution in [2.75, 3.05) is 5.32 Å². The van der Waals surface area contributed by atoms with Gasteiger partial charge in [-0.1, -0.05) is 60.7 Å². The molecular weight excluding hydrogens is 422 g/mol. The summed E-state index contributed by atoms with van der Waals surface area (Å²) in [5.74, 6) is 1.58. The molecule has 0 amide bonds. The van der Waals surface area contributed by atoms with Crippen LogP contribution in [0, 0.1) is 6.92 Å². The highest BCUT2D eigenvalue weighted by Crippen LogP contribution is 2.22. The molecular formula is C30H29NO3. The third kappa shape index (κ3) is 6.26. The fraction of sp³-hybridized carbons (Fsp3) is 0.167. The minimum atomic E-state index is -0.370. The molecule has 0 fully saturated rings. The second-order valence-corrected chi connectivity index (χ2v) is 8.28. The number of carbonyl (C=O) groups is 1. The summed E-state index contributed by atoms with van der Waals surface area (Å²) in [6.07, 6.45) is 0. The smallest absolute Gasteiger partial charge is 0.184 e. The molecule has 4 rings (SSSR count). The number of hydrogen-bond acceptors (Lipinski definition) is 4. The van der Waals surface area contributed by atoms with Gasteiger partial charge in [-0.25, -0.2) is 0 Å². The second kappa shape index (κ2) is 11.2. The first kappa shape index (κ1) is 23.1. The first-order chi connectivity index (χ1) is 16.6. The van der Waals surface area contributed by atoms with Gasteiger partial charge in [0.05, 0.1) is 6.04 Å². The highest BCUT2D eigenvalue weighted by atomic mass is 16.5. The first-order valence-corrected chi connectivity index (χ1v) is 11.4. The number of anilines is 1. The van der Waals surface area contributed by atoms with Crippen LogP contribution in [-0.4, -0.2) is 11.8 Å². The summed E-state index contributed by atoms with van der Waals surface area (Å²) in [7, 11) is 0. The van der Waals surface area contributed by atoms with E-state index in [1.807, 2.05) is 117 Å². The molecule has 1 N–H and O–H groups in total. The Labute approximate surface area is 201 Å². The van der Waals surface area contributed by atoms with Crippen molar-refractivity contribution in [1.29, 1.82) is 0 Å². The summed E-state index contributed by atoms with van der Waals surface area (Å²) in [6.45, 7) is 4.83. The third-order valence-corrected chi connectivity index (χ3v) is 5.59. The molecule has 1 atom stereocenters.